The van der Waals surface area contributed by atoms with Crippen molar-refractivity contribution in [3.63, 3.8) is 0 Å². The van der Waals surface area contributed by atoms with Crippen LogP contribution >= 0.6 is 0 Å². The summed E-state index contributed by atoms with van der Waals surface area (Å²) in [4.78, 5) is 27.5. The second-order valence-corrected chi connectivity index (χ2v) is 4.88. The highest BCUT2D eigenvalue weighted by Gasteiger charge is 2.30. The van der Waals surface area contributed by atoms with Crippen molar-refractivity contribution >= 4 is 17.5 Å². The van der Waals surface area contributed by atoms with Crippen LogP contribution in [0.3, 0.4) is 0 Å². The molecule has 0 atom stereocenters. The highest BCUT2D eigenvalue weighted by molar-refractivity contribution is 6.35. The van der Waals surface area contributed by atoms with E-state index in [1.54, 1.807) is 51.1 Å². The molecule has 0 aliphatic carbocycles. The molecule has 5 nitrogen and oxygen atoms in total. The summed E-state index contributed by atoms with van der Waals surface area (Å²) in [6, 6.07) is 10.4. The van der Waals surface area contributed by atoms with Gasteiger partial charge >= 0.3 is 5.97 Å². The molecule has 0 fully saturated rings. The predicted molar refractivity (Wildman–Crippen MR) is 69.1 cm³/mol. The van der Waals surface area contributed by atoms with Crippen LogP contribution in [0.15, 0.2) is 35.5 Å². The zero-order chi connectivity index (χ0) is 14.5. The van der Waals surface area contributed by atoms with E-state index in [2.05, 4.69) is 9.99 Å². The van der Waals surface area contributed by atoms with E-state index < -0.39 is 17.2 Å². The lowest BCUT2D eigenvalue weighted by molar-refractivity contribution is -0.157. The summed E-state index contributed by atoms with van der Waals surface area (Å²) in [7, 11) is 0. The van der Waals surface area contributed by atoms with E-state index in [0.29, 0.717) is 5.56 Å². The van der Waals surface area contributed by atoms with Gasteiger partial charge in [-0.05, 0) is 0 Å². The minimum atomic E-state index is -1.07. The highest BCUT2D eigenvalue weighted by Crippen LogP contribution is 2.15. The Hall–Kier alpha value is -2.48. The molecule has 19 heavy (non-hydrogen) atoms. The normalized spacial score (nSPS) is 11.6. The lowest BCUT2D eigenvalue weighted by atomic mass is 9.91. The minimum Gasteiger partial charge on any atom is -0.308 e. The zero-order valence-corrected chi connectivity index (χ0v) is 11.0. The number of carbonyl (C=O) groups is 2. The van der Waals surface area contributed by atoms with Gasteiger partial charge in [0.2, 0.25) is 5.78 Å². The SMILES string of the molecule is CC(C)(C)C(=O)C(=O)O/N=C(\C#N)c1ccccc1. The van der Waals surface area contributed by atoms with Crippen molar-refractivity contribution in [1.82, 2.24) is 0 Å². The molecule has 1 rings (SSSR count). The minimum absolute atomic E-state index is 0.0596. The Morgan fingerprint density at radius 2 is 1.79 bits per heavy atom. The maximum atomic E-state index is 11.6. The number of hydrogen-bond acceptors (Lipinski definition) is 5. The van der Waals surface area contributed by atoms with Crippen molar-refractivity contribution in [2.45, 2.75) is 20.8 Å². The first kappa shape index (κ1) is 14.6. The molecule has 0 saturated heterocycles. The summed E-state index contributed by atoms with van der Waals surface area (Å²) in [6.07, 6.45) is 0. The Kier molecular flexibility index (Phi) is 4.54. The first-order valence-corrected chi connectivity index (χ1v) is 5.65. The van der Waals surface area contributed by atoms with Crippen molar-refractivity contribution in [3.8, 4) is 6.07 Å². The van der Waals surface area contributed by atoms with E-state index in [9.17, 15) is 9.59 Å². The number of Topliss-reactive ketones (excluding diaryl/α,β-unsaturated/α-hetero) is 1. The average molecular weight is 258 g/mol. The molecule has 5 heteroatoms. The van der Waals surface area contributed by atoms with Gasteiger partial charge in [0.05, 0.1) is 0 Å². The Bertz CT molecular complexity index is 548. The fraction of sp³-hybridized carbons (Fsp3) is 0.286. The van der Waals surface area contributed by atoms with Crippen molar-refractivity contribution in [1.29, 1.82) is 5.26 Å². The molecular formula is C14H14N2O3. The molecule has 0 bridgehead atoms. The summed E-state index contributed by atoms with van der Waals surface area (Å²) >= 11 is 0. The number of carbonyl (C=O) groups excluding carboxylic acids is 2. The molecule has 0 radical (unpaired) electrons. The van der Waals surface area contributed by atoms with Gasteiger partial charge in [0.25, 0.3) is 0 Å². The van der Waals surface area contributed by atoms with Crippen LogP contribution in [0.2, 0.25) is 0 Å². The number of rotatable bonds is 3. The van der Waals surface area contributed by atoms with Crippen LogP contribution in [-0.2, 0) is 14.4 Å². The van der Waals surface area contributed by atoms with E-state index in [0.717, 1.165) is 0 Å². The molecule has 0 amide bonds. The maximum Gasteiger partial charge on any atom is 0.401 e. The second-order valence-electron chi connectivity index (χ2n) is 4.88. The summed E-state index contributed by atoms with van der Waals surface area (Å²) in [5, 5.41) is 12.4. The second kappa shape index (κ2) is 5.91. The maximum absolute atomic E-state index is 11.6. The van der Waals surface area contributed by atoms with E-state index in [1.165, 1.54) is 0 Å². The van der Waals surface area contributed by atoms with Gasteiger partial charge in [0.1, 0.15) is 6.07 Å². The quantitative estimate of drug-likeness (QED) is 0.360. The zero-order valence-electron chi connectivity index (χ0n) is 11.0. The molecular weight excluding hydrogens is 244 g/mol. The smallest absolute Gasteiger partial charge is 0.308 e. The van der Waals surface area contributed by atoms with Gasteiger partial charge in [-0.15, -0.1) is 0 Å². The predicted octanol–water partition coefficient (Wildman–Crippen LogP) is 2.07. The van der Waals surface area contributed by atoms with Crippen LogP contribution in [-0.4, -0.2) is 17.5 Å². The highest BCUT2D eigenvalue weighted by atomic mass is 16.7. The number of nitriles is 1. The van der Waals surface area contributed by atoms with E-state index in [1.807, 2.05) is 6.07 Å². The lowest BCUT2D eigenvalue weighted by Crippen LogP contribution is -2.29. The summed E-state index contributed by atoms with van der Waals surface area (Å²) < 4.78 is 0. The monoisotopic (exact) mass is 258 g/mol. The van der Waals surface area contributed by atoms with Gasteiger partial charge in [0, 0.05) is 11.0 Å². The van der Waals surface area contributed by atoms with Gasteiger partial charge in [-0.2, -0.15) is 5.26 Å². The van der Waals surface area contributed by atoms with E-state index >= 15 is 0 Å². The first-order valence-electron chi connectivity index (χ1n) is 5.65. The number of ketones is 1. The van der Waals surface area contributed by atoms with Gasteiger partial charge in [-0.3, -0.25) is 4.79 Å². The number of oxime groups is 1. The molecule has 0 saturated carbocycles. The molecule has 0 heterocycles. The Morgan fingerprint density at radius 3 is 2.26 bits per heavy atom. The van der Waals surface area contributed by atoms with Gasteiger partial charge in [-0.1, -0.05) is 56.3 Å². The molecule has 0 N–H and O–H groups in total. The van der Waals surface area contributed by atoms with Crippen molar-refractivity contribution in [2.24, 2.45) is 10.6 Å². The number of hydrogen-bond donors (Lipinski definition) is 0. The van der Waals surface area contributed by atoms with Crippen molar-refractivity contribution in [3.05, 3.63) is 35.9 Å². The van der Waals surface area contributed by atoms with Crippen LogP contribution in [0.5, 0.6) is 0 Å². The first-order chi connectivity index (χ1) is 8.86. The third kappa shape index (κ3) is 4.03. The summed E-state index contributed by atoms with van der Waals surface area (Å²) in [6.45, 7) is 4.80. The Labute approximate surface area is 111 Å². The molecule has 1 aromatic carbocycles. The van der Waals surface area contributed by atoms with Gasteiger partial charge in [0.15, 0.2) is 5.71 Å². The van der Waals surface area contributed by atoms with Gasteiger partial charge in [-0.25, -0.2) is 4.79 Å². The number of benzene rings is 1. The molecule has 0 aromatic heterocycles. The molecule has 0 aliphatic rings. The molecule has 0 unspecified atom stereocenters. The van der Waals surface area contributed by atoms with E-state index in [4.69, 9.17) is 5.26 Å². The lowest BCUT2D eigenvalue weighted by Gasteiger charge is -2.13. The van der Waals surface area contributed by atoms with Crippen LogP contribution < -0.4 is 0 Å². The van der Waals surface area contributed by atoms with Gasteiger partial charge < -0.3 is 4.84 Å². The molecule has 1 aromatic rings. The number of nitrogens with zero attached hydrogens (tertiary/aromatic N) is 2. The average Bonchev–Trinajstić information content (AvgIpc) is 2.38. The van der Waals surface area contributed by atoms with E-state index in [-0.39, 0.29) is 5.71 Å². The fourth-order valence-corrected chi connectivity index (χ4v) is 1.17. The fourth-order valence-electron chi connectivity index (χ4n) is 1.17. The van der Waals surface area contributed by atoms with Crippen molar-refractivity contribution < 1.29 is 14.4 Å². The third-order valence-corrected chi connectivity index (χ3v) is 2.24. The topological polar surface area (TPSA) is 79.5 Å². The van der Waals surface area contributed by atoms with Crippen LogP contribution in [0.25, 0.3) is 0 Å². The third-order valence-electron chi connectivity index (χ3n) is 2.24. The molecule has 0 spiro atoms. The van der Waals surface area contributed by atoms with Crippen LogP contribution in [0.1, 0.15) is 26.3 Å². The molecule has 98 valence electrons. The van der Waals surface area contributed by atoms with Crippen molar-refractivity contribution in [2.75, 3.05) is 0 Å². The van der Waals surface area contributed by atoms with Crippen LogP contribution in [0.4, 0.5) is 0 Å². The summed E-state index contributed by atoms with van der Waals surface area (Å²) in [5.41, 5.74) is -0.386. The van der Waals surface area contributed by atoms with Crippen LogP contribution in [0, 0.1) is 16.7 Å². The standard InChI is InChI=1S/C14H14N2O3/c1-14(2,3)12(17)13(18)19-16-11(9-15)10-7-5-4-6-8-10/h4-8H,1-3H3/b16-11+. The Balaban J connectivity index is 2.84. The Morgan fingerprint density at radius 1 is 1.21 bits per heavy atom. The largest absolute Gasteiger partial charge is 0.401 e. The molecule has 0 aliphatic heterocycles. The summed E-state index contributed by atoms with van der Waals surface area (Å²) in [5.74, 6) is -1.77.